The summed E-state index contributed by atoms with van der Waals surface area (Å²) in [5.74, 6) is -0.164. The van der Waals surface area contributed by atoms with E-state index in [9.17, 15) is 4.79 Å². The number of carbonyl (C=O) groups is 1. The van der Waals surface area contributed by atoms with E-state index in [2.05, 4.69) is 12.0 Å². The molecule has 1 aliphatic heterocycles. The lowest BCUT2D eigenvalue weighted by Crippen LogP contribution is -2.35. The Bertz CT molecular complexity index is 375. The zero-order chi connectivity index (χ0) is 11.5. The minimum Gasteiger partial charge on any atom is -0.379 e. The van der Waals surface area contributed by atoms with Crippen LogP contribution >= 0.6 is 0 Å². The summed E-state index contributed by atoms with van der Waals surface area (Å²) >= 11 is 0. The molecule has 0 radical (unpaired) electrons. The first kappa shape index (κ1) is 11.3. The molecule has 1 fully saturated rings. The molecule has 0 amide bonds. The number of nitrogens with zero attached hydrogens (tertiary/aromatic N) is 2. The zero-order valence-corrected chi connectivity index (χ0v) is 9.43. The van der Waals surface area contributed by atoms with Gasteiger partial charge < -0.3 is 10.5 Å². The van der Waals surface area contributed by atoms with Crippen molar-refractivity contribution >= 4 is 5.78 Å². The number of ketones is 1. The highest BCUT2D eigenvalue weighted by Gasteiger charge is 2.33. The first-order valence-electron chi connectivity index (χ1n) is 5.63. The molecule has 0 aromatic carbocycles. The van der Waals surface area contributed by atoms with Crippen LogP contribution in [-0.2, 0) is 11.3 Å². The molecule has 88 valence electrons. The Hall–Kier alpha value is -1.20. The van der Waals surface area contributed by atoms with Crippen LogP contribution in [0.2, 0.25) is 0 Å². The quantitative estimate of drug-likeness (QED) is 0.752. The van der Waals surface area contributed by atoms with Gasteiger partial charge in [0.15, 0.2) is 5.78 Å². The molecule has 1 aromatic heterocycles. The monoisotopic (exact) mass is 223 g/mol. The molecule has 5 nitrogen and oxygen atoms in total. The van der Waals surface area contributed by atoms with Gasteiger partial charge >= 0.3 is 0 Å². The first-order chi connectivity index (χ1) is 7.74. The summed E-state index contributed by atoms with van der Waals surface area (Å²) in [5, 5.41) is 4.14. The number of aromatic nitrogens is 2. The molecule has 0 aliphatic carbocycles. The van der Waals surface area contributed by atoms with Crippen molar-refractivity contribution < 1.29 is 9.53 Å². The third kappa shape index (κ3) is 2.01. The Labute approximate surface area is 94.6 Å². The van der Waals surface area contributed by atoms with E-state index in [0.717, 1.165) is 13.0 Å². The highest BCUT2D eigenvalue weighted by molar-refractivity contribution is 5.97. The van der Waals surface area contributed by atoms with Crippen LogP contribution < -0.4 is 5.73 Å². The van der Waals surface area contributed by atoms with Gasteiger partial charge in [0.1, 0.15) is 5.69 Å². The first-order valence-corrected chi connectivity index (χ1v) is 5.63. The molecule has 0 spiro atoms. The molecule has 2 heterocycles. The van der Waals surface area contributed by atoms with E-state index in [-0.39, 0.29) is 17.7 Å². The lowest BCUT2D eigenvalue weighted by Gasteiger charge is -2.12. The Kier molecular flexibility index (Phi) is 3.36. The SMILES string of the molecule is CCCn1nccc1C(=O)C1COCC1N. The highest BCUT2D eigenvalue weighted by Crippen LogP contribution is 2.17. The molecule has 0 saturated carbocycles. The molecular weight excluding hydrogens is 206 g/mol. The predicted molar refractivity (Wildman–Crippen MR) is 59.1 cm³/mol. The van der Waals surface area contributed by atoms with Gasteiger partial charge in [-0.25, -0.2) is 0 Å². The van der Waals surface area contributed by atoms with E-state index >= 15 is 0 Å². The van der Waals surface area contributed by atoms with Gasteiger partial charge in [-0.05, 0) is 12.5 Å². The van der Waals surface area contributed by atoms with Crippen molar-refractivity contribution in [1.29, 1.82) is 0 Å². The molecule has 2 atom stereocenters. The van der Waals surface area contributed by atoms with Crippen molar-refractivity contribution in [3.8, 4) is 0 Å². The van der Waals surface area contributed by atoms with E-state index in [0.29, 0.717) is 18.9 Å². The molecular formula is C11H17N3O2. The fourth-order valence-electron chi connectivity index (χ4n) is 1.96. The van der Waals surface area contributed by atoms with Gasteiger partial charge in [-0.15, -0.1) is 0 Å². The number of hydrogen-bond donors (Lipinski definition) is 1. The predicted octanol–water partition coefficient (Wildman–Crippen LogP) is 0.450. The van der Waals surface area contributed by atoms with Crippen LogP contribution in [0.3, 0.4) is 0 Å². The minimum absolute atomic E-state index is 0.0518. The molecule has 2 rings (SSSR count). The number of rotatable bonds is 4. The fourth-order valence-corrected chi connectivity index (χ4v) is 1.96. The molecule has 2 N–H and O–H groups in total. The third-order valence-electron chi connectivity index (χ3n) is 2.87. The molecule has 2 unspecified atom stereocenters. The summed E-state index contributed by atoms with van der Waals surface area (Å²) in [6.45, 7) is 3.72. The maximum absolute atomic E-state index is 12.2. The standard InChI is InChI=1S/C11H17N3O2/c1-2-5-14-10(3-4-13-14)11(15)8-6-16-7-9(8)12/h3-4,8-9H,2,5-7,12H2,1H3. The normalized spacial score (nSPS) is 24.9. The van der Waals surface area contributed by atoms with E-state index in [1.165, 1.54) is 0 Å². The van der Waals surface area contributed by atoms with Gasteiger partial charge in [0.2, 0.25) is 0 Å². The van der Waals surface area contributed by atoms with Crippen molar-refractivity contribution in [3.05, 3.63) is 18.0 Å². The Balaban J connectivity index is 2.16. The van der Waals surface area contributed by atoms with Gasteiger partial charge in [-0.1, -0.05) is 6.92 Å². The van der Waals surface area contributed by atoms with Crippen molar-refractivity contribution in [2.75, 3.05) is 13.2 Å². The van der Waals surface area contributed by atoms with Crippen LogP contribution in [0, 0.1) is 5.92 Å². The van der Waals surface area contributed by atoms with Crippen LogP contribution in [0.1, 0.15) is 23.8 Å². The molecule has 1 aliphatic rings. The van der Waals surface area contributed by atoms with Crippen LogP contribution in [0.15, 0.2) is 12.3 Å². The number of hydrogen-bond acceptors (Lipinski definition) is 4. The Morgan fingerprint density at radius 1 is 1.69 bits per heavy atom. The maximum Gasteiger partial charge on any atom is 0.187 e. The Morgan fingerprint density at radius 2 is 2.50 bits per heavy atom. The summed E-state index contributed by atoms with van der Waals surface area (Å²) in [4.78, 5) is 12.2. The average molecular weight is 223 g/mol. The second-order valence-corrected chi connectivity index (χ2v) is 4.11. The number of ether oxygens (including phenoxy) is 1. The molecule has 16 heavy (non-hydrogen) atoms. The molecule has 0 bridgehead atoms. The second kappa shape index (κ2) is 4.76. The van der Waals surface area contributed by atoms with Crippen molar-refractivity contribution in [2.45, 2.75) is 25.9 Å². The number of nitrogens with two attached hydrogens (primary N) is 1. The molecule has 1 saturated heterocycles. The van der Waals surface area contributed by atoms with Crippen LogP contribution in [0.4, 0.5) is 0 Å². The minimum atomic E-state index is -0.215. The lowest BCUT2D eigenvalue weighted by molar-refractivity contribution is 0.0884. The van der Waals surface area contributed by atoms with Crippen molar-refractivity contribution in [3.63, 3.8) is 0 Å². The van der Waals surface area contributed by atoms with Crippen molar-refractivity contribution in [1.82, 2.24) is 9.78 Å². The van der Waals surface area contributed by atoms with Crippen LogP contribution in [-0.4, -0.2) is 34.8 Å². The molecule has 5 heteroatoms. The largest absolute Gasteiger partial charge is 0.379 e. The number of carbonyl (C=O) groups excluding carboxylic acids is 1. The maximum atomic E-state index is 12.2. The smallest absolute Gasteiger partial charge is 0.187 e. The van der Waals surface area contributed by atoms with E-state index in [1.54, 1.807) is 16.9 Å². The van der Waals surface area contributed by atoms with Crippen LogP contribution in [0.5, 0.6) is 0 Å². The average Bonchev–Trinajstić information content (AvgIpc) is 2.87. The number of aryl methyl sites for hydroxylation is 1. The van der Waals surface area contributed by atoms with Gasteiger partial charge in [-0.3, -0.25) is 9.48 Å². The summed E-state index contributed by atoms with van der Waals surface area (Å²) in [5.41, 5.74) is 6.48. The number of Topliss-reactive ketones (excluding diaryl/α,β-unsaturated/α-hetero) is 1. The summed E-state index contributed by atoms with van der Waals surface area (Å²) in [7, 11) is 0. The highest BCUT2D eigenvalue weighted by atomic mass is 16.5. The van der Waals surface area contributed by atoms with E-state index in [4.69, 9.17) is 10.5 Å². The van der Waals surface area contributed by atoms with E-state index < -0.39 is 0 Å². The summed E-state index contributed by atoms with van der Waals surface area (Å²) in [6, 6.07) is 1.57. The molecule has 1 aromatic rings. The van der Waals surface area contributed by atoms with Gasteiger partial charge in [0.05, 0.1) is 19.1 Å². The third-order valence-corrected chi connectivity index (χ3v) is 2.87. The van der Waals surface area contributed by atoms with Gasteiger partial charge in [-0.2, -0.15) is 5.10 Å². The van der Waals surface area contributed by atoms with Crippen LogP contribution in [0.25, 0.3) is 0 Å². The summed E-state index contributed by atoms with van der Waals surface area (Å²) in [6.07, 6.45) is 2.61. The van der Waals surface area contributed by atoms with Crippen molar-refractivity contribution in [2.24, 2.45) is 11.7 Å². The van der Waals surface area contributed by atoms with E-state index in [1.807, 2.05) is 0 Å². The Morgan fingerprint density at radius 3 is 3.12 bits per heavy atom. The van der Waals surface area contributed by atoms with Gasteiger partial charge in [0.25, 0.3) is 0 Å². The summed E-state index contributed by atoms with van der Waals surface area (Å²) < 4.78 is 6.96. The fraction of sp³-hybridized carbons (Fsp3) is 0.636. The second-order valence-electron chi connectivity index (χ2n) is 4.11. The lowest BCUT2D eigenvalue weighted by atomic mass is 9.97. The zero-order valence-electron chi connectivity index (χ0n) is 9.43. The van der Waals surface area contributed by atoms with Gasteiger partial charge in [0, 0.05) is 18.8 Å². The topological polar surface area (TPSA) is 70.1 Å².